The molecule has 0 aromatic heterocycles. The summed E-state index contributed by atoms with van der Waals surface area (Å²) in [4.78, 5) is 0. The second kappa shape index (κ2) is 5.75. The maximum Gasteiger partial charge on any atom is 0.192 e. The summed E-state index contributed by atoms with van der Waals surface area (Å²) in [6.07, 6.45) is 0.891. The lowest BCUT2D eigenvalue weighted by molar-refractivity contribution is -0.421. The van der Waals surface area contributed by atoms with Crippen molar-refractivity contribution in [3.63, 3.8) is 0 Å². The van der Waals surface area contributed by atoms with Crippen LogP contribution in [-0.4, -0.2) is 50.9 Å². The van der Waals surface area contributed by atoms with Gasteiger partial charge >= 0.3 is 0 Å². The summed E-state index contributed by atoms with van der Waals surface area (Å²) in [7, 11) is -0.385. The average molecular weight is 303 g/mol. The number of hydrogen-bond donors (Lipinski definition) is 0. The monoisotopic (exact) mass is 303 g/mol. The highest BCUT2D eigenvalue weighted by atomic mass is 28.4. The number of rotatable bonds is 4. The lowest BCUT2D eigenvalue weighted by Gasteiger charge is -2.37. The first kappa shape index (κ1) is 17.6. The van der Waals surface area contributed by atoms with Gasteiger partial charge in [-0.25, -0.2) is 4.74 Å². The molecule has 0 saturated carbocycles. The normalized spacial score (nSPS) is 27.9. The average Bonchev–Trinajstić information content (AvgIpc) is 2.47. The molecule has 0 radical (unpaired) electrons. The Morgan fingerprint density at radius 1 is 1.30 bits per heavy atom. The third-order valence-corrected chi connectivity index (χ3v) is 8.49. The van der Waals surface area contributed by atoms with E-state index in [0.717, 1.165) is 4.74 Å². The van der Waals surface area contributed by atoms with Crippen LogP contribution in [0.5, 0.6) is 0 Å². The Morgan fingerprint density at radius 2 is 1.85 bits per heavy atom. The molecule has 118 valence electrons. The summed E-state index contributed by atoms with van der Waals surface area (Å²) in [5.74, 6) is -0.682. The van der Waals surface area contributed by atoms with Crippen LogP contribution in [0.15, 0.2) is 0 Å². The zero-order chi connectivity index (χ0) is 15.8. The Kier molecular flexibility index (Phi) is 5.07. The fraction of sp³-hybridized carbons (Fsp3) is 0.929. The van der Waals surface area contributed by atoms with Crippen LogP contribution < -0.4 is 0 Å². The molecule has 0 aromatic carbocycles. The second-order valence-electron chi connectivity index (χ2n) is 7.41. The van der Waals surface area contributed by atoms with Crippen molar-refractivity contribution in [2.45, 2.75) is 70.7 Å². The minimum atomic E-state index is -1.83. The Bertz CT molecular complexity index is 370. The maximum absolute atomic E-state index is 11.2. The van der Waals surface area contributed by atoms with E-state index in [9.17, 15) is 5.21 Å². The fourth-order valence-electron chi connectivity index (χ4n) is 1.83. The predicted molar refractivity (Wildman–Crippen MR) is 82.6 cm³/mol. The van der Waals surface area contributed by atoms with Gasteiger partial charge in [0.25, 0.3) is 0 Å². The zero-order valence-corrected chi connectivity index (χ0v) is 15.0. The molecule has 5 nitrogen and oxygen atoms in total. The smallest absolute Gasteiger partial charge is 0.192 e. The van der Waals surface area contributed by atoms with E-state index in [1.165, 1.54) is 13.3 Å². The van der Waals surface area contributed by atoms with Crippen molar-refractivity contribution in [1.82, 2.24) is 0 Å². The van der Waals surface area contributed by atoms with Gasteiger partial charge in [-0.05, 0) is 32.0 Å². The number of hydroxylamine groups is 1. The van der Waals surface area contributed by atoms with Crippen molar-refractivity contribution in [2.75, 3.05) is 13.7 Å². The molecule has 1 saturated heterocycles. The van der Waals surface area contributed by atoms with Crippen LogP contribution in [-0.2, 0) is 13.9 Å². The standard InChI is InChI=1S/C14H29NO4Si/c1-13(2,3)20(7,8)17-10-12-11(9-15(6)16)18-14(4,5)19-12/h9,11-12H,10H2,1-8H3/b15-9-/t11-,12-/m0/s1. The van der Waals surface area contributed by atoms with Crippen LogP contribution >= 0.6 is 0 Å². The lowest BCUT2D eigenvalue weighted by Crippen LogP contribution is -2.44. The van der Waals surface area contributed by atoms with Crippen molar-refractivity contribution in [1.29, 1.82) is 0 Å². The van der Waals surface area contributed by atoms with Gasteiger partial charge < -0.3 is 19.1 Å². The Morgan fingerprint density at radius 3 is 2.30 bits per heavy atom. The van der Waals surface area contributed by atoms with Gasteiger partial charge in [-0.15, -0.1) is 0 Å². The van der Waals surface area contributed by atoms with Crippen molar-refractivity contribution in [3.8, 4) is 0 Å². The Balaban J connectivity index is 2.73. The highest BCUT2D eigenvalue weighted by molar-refractivity contribution is 6.74. The van der Waals surface area contributed by atoms with Gasteiger partial charge in [0.2, 0.25) is 0 Å². The lowest BCUT2D eigenvalue weighted by atomic mass is 10.2. The molecule has 6 heteroatoms. The second-order valence-corrected chi connectivity index (χ2v) is 12.2. The van der Waals surface area contributed by atoms with E-state index >= 15 is 0 Å². The summed E-state index contributed by atoms with van der Waals surface area (Å²) in [5.41, 5.74) is 0. The summed E-state index contributed by atoms with van der Waals surface area (Å²) in [6.45, 7) is 15.2. The quantitative estimate of drug-likeness (QED) is 0.263. The molecule has 0 unspecified atom stereocenters. The van der Waals surface area contributed by atoms with Crippen LogP contribution in [0.25, 0.3) is 0 Å². The van der Waals surface area contributed by atoms with Gasteiger partial charge in [0.05, 0.1) is 6.61 Å². The maximum atomic E-state index is 11.2. The molecule has 20 heavy (non-hydrogen) atoms. The molecule has 0 aliphatic carbocycles. The first-order valence-corrected chi connectivity index (χ1v) is 9.99. The Labute approximate surface area is 123 Å². The fourth-order valence-corrected chi connectivity index (χ4v) is 2.85. The molecule has 0 amide bonds. The first-order valence-electron chi connectivity index (χ1n) is 7.09. The summed E-state index contributed by atoms with van der Waals surface area (Å²) in [5, 5.41) is 11.4. The predicted octanol–water partition coefficient (Wildman–Crippen LogP) is 2.74. The number of ether oxygens (including phenoxy) is 2. The van der Waals surface area contributed by atoms with E-state index in [-0.39, 0.29) is 17.2 Å². The zero-order valence-electron chi connectivity index (χ0n) is 14.0. The largest absolute Gasteiger partial charge is 0.624 e. The summed E-state index contributed by atoms with van der Waals surface area (Å²) in [6, 6.07) is 0. The van der Waals surface area contributed by atoms with E-state index in [4.69, 9.17) is 13.9 Å². The molecular formula is C14H29NO4Si. The minimum absolute atomic E-state index is 0.149. The van der Waals surface area contributed by atoms with Crippen molar-refractivity contribution < 1.29 is 18.6 Å². The first-order chi connectivity index (χ1) is 8.84. The summed E-state index contributed by atoms with van der Waals surface area (Å²) >= 11 is 0. The summed E-state index contributed by atoms with van der Waals surface area (Å²) < 4.78 is 18.5. The van der Waals surface area contributed by atoms with Crippen LogP contribution in [0.4, 0.5) is 0 Å². The number of nitrogens with zero attached hydrogens (tertiary/aromatic N) is 1. The van der Waals surface area contributed by atoms with Gasteiger partial charge in [0, 0.05) is 0 Å². The molecule has 2 atom stereocenters. The minimum Gasteiger partial charge on any atom is -0.624 e. The van der Waals surface area contributed by atoms with Gasteiger partial charge in [-0.3, -0.25) is 0 Å². The molecule has 1 aliphatic heterocycles. The SMILES string of the molecule is C/[N+]([O-])=C/[C@@H]1OC(C)(C)O[C@H]1CO[Si](C)(C)C(C)(C)C. The van der Waals surface area contributed by atoms with E-state index in [1.807, 2.05) is 13.8 Å². The molecule has 1 aliphatic rings. The highest BCUT2D eigenvalue weighted by Crippen LogP contribution is 2.37. The topological polar surface area (TPSA) is 53.8 Å². The molecule has 1 heterocycles. The molecular weight excluding hydrogens is 274 g/mol. The van der Waals surface area contributed by atoms with Gasteiger partial charge in [0.1, 0.15) is 13.2 Å². The van der Waals surface area contributed by atoms with E-state index in [1.54, 1.807) is 0 Å². The van der Waals surface area contributed by atoms with Crippen molar-refractivity contribution in [3.05, 3.63) is 5.21 Å². The third-order valence-electron chi connectivity index (χ3n) is 3.99. The third kappa shape index (κ3) is 4.55. The van der Waals surface area contributed by atoms with Crippen LogP contribution in [0.3, 0.4) is 0 Å². The molecule has 0 N–H and O–H groups in total. The molecule has 0 aromatic rings. The highest BCUT2D eigenvalue weighted by Gasteiger charge is 2.44. The van der Waals surface area contributed by atoms with E-state index in [0.29, 0.717) is 6.61 Å². The van der Waals surface area contributed by atoms with Crippen LogP contribution in [0.1, 0.15) is 34.6 Å². The van der Waals surface area contributed by atoms with E-state index < -0.39 is 14.1 Å². The van der Waals surface area contributed by atoms with Gasteiger partial charge in [0.15, 0.2) is 26.4 Å². The van der Waals surface area contributed by atoms with E-state index in [2.05, 4.69) is 33.9 Å². The molecule has 1 rings (SSSR count). The molecule has 1 fully saturated rings. The number of hydrogen-bond acceptors (Lipinski definition) is 4. The Hall–Kier alpha value is -0.433. The van der Waals surface area contributed by atoms with Gasteiger partial charge in [-0.2, -0.15) is 0 Å². The van der Waals surface area contributed by atoms with Crippen LogP contribution in [0.2, 0.25) is 18.1 Å². The van der Waals surface area contributed by atoms with Crippen LogP contribution in [0, 0.1) is 5.21 Å². The molecule has 0 spiro atoms. The molecule has 0 bridgehead atoms. The van der Waals surface area contributed by atoms with Crippen molar-refractivity contribution >= 4 is 14.5 Å². The van der Waals surface area contributed by atoms with Gasteiger partial charge in [-0.1, -0.05) is 20.8 Å². The van der Waals surface area contributed by atoms with Crippen molar-refractivity contribution in [2.24, 2.45) is 0 Å².